The highest BCUT2D eigenvalue weighted by Gasteiger charge is 2.20. The molecule has 5 nitrogen and oxygen atoms in total. The molecule has 0 aliphatic carbocycles. The van der Waals surface area contributed by atoms with Gasteiger partial charge in [0, 0.05) is 6.20 Å². The highest BCUT2D eigenvalue weighted by atomic mass is 16.1. The molecular weight excluding hydrogens is 180 g/mol. The van der Waals surface area contributed by atoms with E-state index in [-0.39, 0.29) is 6.04 Å². The van der Waals surface area contributed by atoms with E-state index < -0.39 is 11.9 Å². The predicted molar refractivity (Wildman–Crippen MR) is 53.5 cm³/mol. The van der Waals surface area contributed by atoms with E-state index in [1.807, 2.05) is 20.0 Å². The van der Waals surface area contributed by atoms with Crippen LogP contribution in [0.2, 0.25) is 0 Å². The zero-order valence-corrected chi connectivity index (χ0v) is 8.47. The summed E-state index contributed by atoms with van der Waals surface area (Å²) in [5.74, 6) is -0.508. The maximum Gasteiger partial charge on any atom is 0.236 e. The van der Waals surface area contributed by atoms with Crippen LogP contribution in [0.15, 0.2) is 12.4 Å². The summed E-state index contributed by atoms with van der Waals surface area (Å²) < 4.78 is 1.67. The number of carbonyl (C=O) groups excluding carboxylic acids is 1. The van der Waals surface area contributed by atoms with Gasteiger partial charge in [-0.25, -0.2) is 0 Å². The minimum Gasteiger partial charge on any atom is -0.368 e. The highest BCUT2D eigenvalue weighted by Crippen LogP contribution is 2.09. The van der Waals surface area contributed by atoms with E-state index in [0.29, 0.717) is 0 Å². The summed E-state index contributed by atoms with van der Waals surface area (Å²) in [4.78, 5) is 10.8. The first-order chi connectivity index (χ1) is 6.56. The molecule has 0 saturated carbocycles. The summed E-state index contributed by atoms with van der Waals surface area (Å²) in [6, 6.07) is -0.896. The molecule has 0 aliphatic heterocycles. The number of aromatic nitrogens is 2. The number of nitrogens with zero attached hydrogens (tertiary/aromatic N) is 2. The van der Waals surface area contributed by atoms with Crippen molar-refractivity contribution in [2.45, 2.75) is 32.4 Å². The van der Waals surface area contributed by atoms with Gasteiger partial charge in [0.2, 0.25) is 5.91 Å². The molecule has 1 rings (SSSR count). The van der Waals surface area contributed by atoms with Crippen molar-refractivity contribution in [1.82, 2.24) is 9.78 Å². The maximum absolute atomic E-state index is 10.8. The lowest BCUT2D eigenvalue weighted by atomic mass is 10.1. The third-order valence-electron chi connectivity index (χ3n) is 2.33. The second-order valence-electron chi connectivity index (χ2n) is 3.35. The SMILES string of the molecule is CCc1cnn(C(C)C(N)C(N)=O)c1. The van der Waals surface area contributed by atoms with Crippen molar-refractivity contribution in [2.24, 2.45) is 11.5 Å². The van der Waals surface area contributed by atoms with E-state index >= 15 is 0 Å². The second kappa shape index (κ2) is 4.23. The summed E-state index contributed by atoms with van der Waals surface area (Å²) in [5.41, 5.74) is 11.8. The van der Waals surface area contributed by atoms with Gasteiger partial charge >= 0.3 is 0 Å². The second-order valence-corrected chi connectivity index (χ2v) is 3.35. The normalized spacial score (nSPS) is 15.1. The van der Waals surface area contributed by atoms with Crippen LogP contribution in [0.1, 0.15) is 25.5 Å². The molecule has 0 spiro atoms. The number of hydrogen-bond donors (Lipinski definition) is 2. The smallest absolute Gasteiger partial charge is 0.236 e. The Morgan fingerprint density at radius 1 is 1.71 bits per heavy atom. The first-order valence-corrected chi connectivity index (χ1v) is 4.64. The van der Waals surface area contributed by atoms with Crippen LogP contribution in [0.3, 0.4) is 0 Å². The fourth-order valence-corrected chi connectivity index (χ4v) is 1.18. The molecule has 0 bridgehead atoms. The predicted octanol–water partition coefficient (Wildman–Crippen LogP) is -0.181. The summed E-state index contributed by atoms with van der Waals surface area (Å²) in [7, 11) is 0. The highest BCUT2D eigenvalue weighted by molar-refractivity contribution is 5.80. The first-order valence-electron chi connectivity index (χ1n) is 4.64. The molecule has 2 atom stereocenters. The van der Waals surface area contributed by atoms with Crippen LogP contribution in [-0.2, 0) is 11.2 Å². The van der Waals surface area contributed by atoms with Gasteiger partial charge in [-0.2, -0.15) is 5.10 Å². The Hall–Kier alpha value is -1.36. The number of rotatable bonds is 4. The van der Waals surface area contributed by atoms with E-state index in [1.54, 1.807) is 10.9 Å². The van der Waals surface area contributed by atoms with Gasteiger partial charge in [0.15, 0.2) is 0 Å². The Bertz CT molecular complexity index is 320. The van der Waals surface area contributed by atoms with Gasteiger partial charge in [-0.05, 0) is 18.9 Å². The van der Waals surface area contributed by atoms with E-state index in [9.17, 15) is 4.79 Å². The monoisotopic (exact) mass is 196 g/mol. The quantitative estimate of drug-likeness (QED) is 0.700. The fraction of sp³-hybridized carbons (Fsp3) is 0.556. The molecule has 1 amide bonds. The summed E-state index contributed by atoms with van der Waals surface area (Å²) >= 11 is 0. The van der Waals surface area contributed by atoms with E-state index in [4.69, 9.17) is 11.5 Å². The van der Waals surface area contributed by atoms with Crippen LogP contribution in [0.5, 0.6) is 0 Å². The molecule has 2 unspecified atom stereocenters. The zero-order chi connectivity index (χ0) is 10.7. The average molecular weight is 196 g/mol. The number of carbonyl (C=O) groups is 1. The summed E-state index contributed by atoms with van der Waals surface area (Å²) in [6.07, 6.45) is 4.57. The number of aryl methyl sites for hydroxylation is 1. The van der Waals surface area contributed by atoms with Crippen LogP contribution in [0.4, 0.5) is 0 Å². The zero-order valence-electron chi connectivity index (χ0n) is 8.47. The van der Waals surface area contributed by atoms with Crippen LogP contribution in [0, 0.1) is 0 Å². The first kappa shape index (κ1) is 10.7. The van der Waals surface area contributed by atoms with Crippen molar-refractivity contribution >= 4 is 5.91 Å². The van der Waals surface area contributed by atoms with Gasteiger partial charge in [-0.1, -0.05) is 6.92 Å². The Morgan fingerprint density at radius 3 is 2.79 bits per heavy atom. The molecule has 1 heterocycles. The van der Waals surface area contributed by atoms with Crippen LogP contribution in [0.25, 0.3) is 0 Å². The molecule has 5 heteroatoms. The molecule has 0 aliphatic rings. The molecule has 0 radical (unpaired) electrons. The molecule has 1 aromatic heterocycles. The number of nitrogens with two attached hydrogens (primary N) is 2. The third kappa shape index (κ3) is 2.11. The van der Waals surface area contributed by atoms with Crippen LogP contribution < -0.4 is 11.5 Å². The van der Waals surface area contributed by atoms with Gasteiger partial charge in [0.05, 0.1) is 12.2 Å². The Labute approximate surface area is 83.1 Å². The van der Waals surface area contributed by atoms with Crippen LogP contribution >= 0.6 is 0 Å². The summed E-state index contributed by atoms with van der Waals surface area (Å²) in [5, 5.41) is 4.12. The largest absolute Gasteiger partial charge is 0.368 e. The molecule has 14 heavy (non-hydrogen) atoms. The lowest BCUT2D eigenvalue weighted by Crippen LogP contribution is -2.42. The molecule has 0 aromatic carbocycles. The lowest BCUT2D eigenvalue weighted by Gasteiger charge is -2.16. The fourth-order valence-electron chi connectivity index (χ4n) is 1.18. The van der Waals surface area contributed by atoms with Gasteiger partial charge in [0.1, 0.15) is 6.04 Å². The van der Waals surface area contributed by atoms with Crippen molar-refractivity contribution in [3.63, 3.8) is 0 Å². The molecule has 0 fully saturated rings. The van der Waals surface area contributed by atoms with E-state index in [1.165, 1.54) is 0 Å². The maximum atomic E-state index is 10.8. The standard InChI is InChI=1S/C9H16N4O/c1-3-7-4-12-13(5-7)6(2)8(10)9(11)14/h4-6,8H,3,10H2,1-2H3,(H2,11,14). The molecule has 0 saturated heterocycles. The molecule has 1 aromatic rings. The van der Waals surface area contributed by atoms with Crippen molar-refractivity contribution in [3.8, 4) is 0 Å². The van der Waals surface area contributed by atoms with Gasteiger partial charge in [-0.15, -0.1) is 0 Å². The van der Waals surface area contributed by atoms with Crippen molar-refractivity contribution < 1.29 is 4.79 Å². The minimum absolute atomic E-state index is 0.201. The minimum atomic E-state index is -0.695. The summed E-state index contributed by atoms with van der Waals surface area (Å²) in [6.45, 7) is 3.86. The number of amides is 1. The van der Waals surface area contributed by atoms with Crippen molar-refractivity contribution in [2.75, 3.05) is 0 Å². The Kier molecular flexibility index (Phi) is 3.24. The van der Waals surface area contributed by atoms with E-state index in [2.05, 4.69) is 5.10 Å². The van der Waals surface area contributed by atoms with E-state index in [0.717, 1.165) is 12.0 Å². The van der Waals surface area contributed by atoms with Gasteiger partial charge in [0.25, 0.3) is 0 Å². The van der Waals surface area contributed by atoms with Gasteiger partial charge < -0.3 is 11.5 Å². The third-order valence-corrected chi connectivity index (χ3v) is 2.33. The van der Waals surface area contributed by atoms with Crippen LogP contribution in [-0.4, -0.2) is 21.7 Å². The lowest BCUT2D eigenvalue weighted by molar-refractivity contribution is -0.120. The number of primary amides is 1. The average Bonchev–Trinajstić information content (AvgIpc) is 2.63. The van der Waals surface area contributed by atoms with Gasteiger partial charge in [-0.3, -0.25) is 9.48 Å². The number of hydrogen-bond acceptors (Lipinski definition) is 3. The molecule has 78 valence electrons. The van der Waals surface area contributed by atoms with Crippen molar-refractivity contribution in [1.29, 1.82) is 0 Å². The Morgan fingerprint density at radius 2 is 2.36 bits per heavy atom. The molecule has 4 N–H and O–H groups in total. The molecular formula is C9H16N4O. The Balaban J connectivity index is 2.78. The van der Waals surface area contributed by atoms with Crippen molar-refractivity contribution in [3.05, 3.63) is 18.0 Å². The topological polar surface area (TPSA) is 86.9 Å².